The van der Waals surface area contributed by atoms with E-state index in [1.54, 1.807) is 43.3 Å². The van der Waals surface area contributed by atoms with E-state index in [-0.39, 0.29) is 12.3 Å². The van der Waals surface area contributed by atoms with Crippen LogP contribution in [0.3, 0.4) is 0 Å². The van der Waals surface area contributed by atoms with Crippen molar-refractivity contribution in [3.63, 3.8) is 0 Å². The van der Waals surface area contributed by atoms with Crippen LogP contribution in [0.4, 0.5) is 5.69 Å². The molecule has 0 spiro atoms. The first-order valence-electron chi connectivity index (χ1n) is 7.19. The van der Waals surface area contributed by atoms with E-state index in [4.69, 9.17) is 34.8 Å². The number of hydrogen-bond donors (Lipinski definition) is 2. The first kappa shape index (κ1) is 19.2. The molecule has 0 radical (unpaired) electrons. The topological polar surface area (TPSA) is 70.6 Å². The van der Waals surface area contributed by atoms with Crippen molar-refractivity contribution in [3.05, 3.63) is 63.1 Å². The van der Waals surface area contributed by atoms with Crippen molar-refractivity contribution in [1.82, 2.24) is 5.43 Å². The number of rotatable bonds is 5. The van der Waals surface area contributed by atoms with Crippen molar-refractivity contribution in [1.29, 1.82) is 0 Å². The summed E-state index contributed by atoms with van der Waals surface area (Å²) in [5, 5.41) is 7.79. The summed E-state index contributed by atoms with van der Waals surface area (Å²) in [6, 6.07) is 11.3. The lowest BCUT2D eigenvalue weighted by molar-refractivity contribution is -0.115. The third-order valence-corrected chi connectivity index (χ3v) is 4.03. The quantitative estimate of drug-likeness (QED) is 0.562. The second kappa shape index (κ2) is 8.85. The summed E-state index contributed by atoms with van der Waals surface area (Å²) >= 11 is 17.5. The molecule has 2 aromatic rings. The smallest absolute Gasteiger partial charge is 0.271 e. The van der Waals surface area contributed by atoms with Gasteiger partial charge in [-0.05, 0) is 43.3 Å². The molecule has 0 aliphatic rings. The summed E-state index contributed by atoms with van der Waals surface area (Å²) in [7, 11) is 0. The Morgan fingerprint density at radius 2 is 1.80 bits per heavy atom. The van der Waals surface area contributed by atoms with E-state index in [0.717, 1.165) is 0 Å². The maximum absolute atomic E-state index is 12.0. The molecule has 0 bridgehead atoms. The molecule has 5 nitrogen and oxygen atoms in total. The lowest BCUT2D eigenvalue weighted by Gasteiger charge is -2.07. The standard InChI is InChI=1S/C17H14Cl3N3O2/c1-10(22-23-17(25)11-3-2-4-12(18)8-11)7-16(24)21-13-5-6-14(19)15(20)9-13/h2-6,8-9H,7H2,1H3,(H,21,24)(H,23,25). The van der Waals surface area contributed by atoms with Crippen molar-refractivity contribution >= 4 is 58.0 Å². The average Bonchev–Trinajstić information content (AvgIpc) is 2.56. The summed E-state index contributed by atoms with van der Waals surface area (Å²) in [4.78, 5) is 23.9. The van der Waals surface area contributed by atoms with Gasteiger partial charge in [-0.25, -0.2) is 5.43 Å². The van der Waals surface area contributed by atoms with Crippen molar-refractivity contribution in [2.75, 3.05) is 5.32 Å². The van der Waals surface area contributed by atoms with Gasteiger partial charge in [-0.15, -0.1) is 0 Å². The van der Waals surface area contributed by atoms with Gasteiger partial charge in [0.25, 0.3) is 5.91 Å². The van der Waals surface area contributed by atoms with Crippen LogP contribution >= 0.6 is 34.8 Å². The predicted octanol–water partition coefficient (Wildman–Crippen LogP) is 4.78. The van der Waals surface area contributed by atoms with Crippen molar-refractivity contribution in [3.8, 4) is 0 Å². The number of anilines is 1. The molecule has 0 aliphatic carbocycles. The Hall–Kier alpha value is -2.08. The highest BCUT2D eigenvalue weighted by atomic mass is 35.5. The fourth-order valence-electron chi connectivity index (χ4n) is 1.89. The summed E-state index contributed by atoms with van der Waals surface area (Å²) in [5.74, 6) is -0.705. The fraction of sp³-hybridized carbons (Fsp3) is 0.118. The molecule has 2 N–H and O–H groups in total. The Labute approximate surface area is 160 Å². The van der Waals surface area contributed by atoms with E-state index in [9.17, 15) is 9.59 Å². The summed E-state index contributed by atoms with van der Waals surface area (Å²) in [6.07, 6.45) is 0.00999. The molecule has 2 rings (SSSR count). The number of benzene rings is 2. The normalized spacial score (nSPS) is 11.1. The molecular weight excluding hydrogens is 385 g/mol. The van der Waals surface area contributed by atoms with Gasteiger partial charge >= 0.3 is 0 Å². The van der Waals surface area contributed by atoms with Gasteiger partial charge < -0.3 is 5.32 Å². The van der Waals surface area contributed by atoms with Crippen molar-refractivity contribution in [2.45, 2.75) is 13.3 Å². The second-order valence-corrected chi connectivity index (χ2v) is 6.40. The molecular formula is C17H14Cl3N3O2. The van der Waals surface area contributed by atoms with Gasteiger partial charge in [0, 0.05) is 22.0 Å². The van der Waals surface area contributed by atoms with E-state index in [0.29, 0.717) is 32.0 Å². The Kier molecular flexibility index (Phi) is 6.82. The largest absolute Gasteiger partial charge is 0.326 e. The zero-order chi connectivity index (χ0) is 18.4. The van der Waals surface area contributed by atoms with Crippen molar-refractivity contribution < 1.29 is 9.59 Å². The molecule has 130 valence electrons. The minimum Gasteiger partial charge on any atom is -0.326 e. The number of hydrazone groups is 1. The first-order valence-corrected chi connectivity index (χ1v) is 8.32. The highest BCUT2D eigenvalue weighted by Crippen LogP contribution is 2.25. The Balaban J connectivity index is 1.90. The van der Waals surface area contributed by atoms with Crippen LogP contribution in [-0.2, 0) is 4.79 Å². The highest BCUT2D eigenvalue weighted by molar-refractivity contribution is 6.42. The van der Waals surface area contributed by atoms with E-state index in [2.05, 4.69) is 15.8 Å². The molecule has 0 saturated carbocycles. The van der Waals surface area contributed by atoms with Crippen LogP contribution in [0.5, 0.6) is 0 Å². The molecule has 0 heterocycles. The molecule has 0 aliphatic heterocycles. The van der Waals surface area contributed by atoms with Crippen LogP contribution in [0.1, 0.15) is 23.7 Å². The Morgan fingerprint density at radius 3 is 2.48 bits per heavy atom. The zero-order valence-corrected chi connectivity index (χ0v) is 15.4. The number of carbonyl (C=O) groups excluding carboxylic acids is 2. The molecule has 25 heavy (non-hydrogen) atoms. The third kappa shape index (κ3) is 6.05. The van der Waals surface area contributed by atoms with Crippen molar-refractivity contribution in [2.24, 2.45) is 5.10 Å². The lowest BCUT2D eigenvalue weighted by Crippen LogP contribution is -2.21. The maximum Gasteiger partial charge on any atom is 0.271 e. The predicted molar refractivity (Wildman–Crippen MR) is 102 cm³/mol. The van der Waals surface area contributed by atoms with Crippen LogP contribution in [0.25, 0.3) is 0 Å². The molecule has 0 atom stereocenters. The molecule has 0 aromatic heterocycles. The van der Waals surface area contributed by atoms with E-state index in [1.165, 1.54) is 6.07 Å². The van der Waals surface area contributed by atoms with Gasteiger partial charge in [0.05, 0.1) is 16.5 Å². The number of amides is 2. The Bertz CT molecular complexity index is 838. The lowest BCUT2D eigenvalue weighted by atomic mass is 10.2. The van der Waals surface area contributed by atoms with Crippen LogP contribution in [-0.4, -0.2) is 17.5 Å². The Morgan fingerprint density at radius 1 is 1.04 bits per heavy atom. The van der Waals surface area contributed by atoms with Crippen LogP contribution in [0.2, 0.25) is 15.1 Å². The van der Waals surface area contributed by atoms with E-state index in [1.807, 2.05) is 0 Å². The van der Waals surface area contributed by atoms with E-state index >= 15 is 0 Å². The molecule has 0 saturated heterocycles. The van der Waals surface area contributed by atoms with Gasteiger partial charge in [0.1, 0.15) is 0 Å². The van der Waals surface area contributed by atoms with Gasteiger partial charge in [0.2, 0.25) is 5.91 Å². The molecule has 2 amide bonds. The minimum atomic E-state index is -0.410. The molecule has 0 fully saturated rings. The molecule has 0 unspecified atom stereocenters. The summed E-state index contributed by atoms with van der Waals surface area (Å²) in [5.41, 5.74) is 3.72. The van der Waals surface area contributed by atoms with Crippen LogP contribution in [0.15, 0.2) is 47.6 Å². The zero-order valence-electron chi connectivity index (χ0n) is 13.1. The minimum absolute atomic E-state index is 0.00999. The second-order valence-electron chi connectivity index (χ2n) is 5.15. The maximum atomic E-state index is 12.0. The fourth-order valence-corrected chi connectivity index (χ4v) is 2.38. The highest BCUT2D eigenvalue weighted by Gasteiger charge is 2.08. The SMILES string of the molecule is CC(CC(=O)Nc1ccc(Cl)c(Cl)c1)=NNC(=O)c1cccc(Cl)c1. The van der Waals surface area contributed by atoms with Gasteiger partial charge in [0.15, 0.2) is 0 Å². The molecule has 2 aromatic carbocycles. The number of nitrogens with zero attached hydrogens (tertiary/aromatic N) is 1. The monoisotopic (exact) mass is 397 g/mol. The summed E-state index contributed by atoms with van der Waals surface area (Å²) in [6.45, 7) is 1.63. The first-order chi connectivity index (χ1) is 11.8. The number of carbonyl (C=O) groups is 2. The van der Waals surface area contributed by atoms with Gasteiger partial charge in [-0.3, -0.25) is 9.59 Å². The van der Waals surface area contributed by atoms with Crippen LogP contribution in [0, 0.1) is 0 Å². The van der Waals surface area contributed by atoms with E-state index < -0.39 is 5.91 Å². The molecule has 8 heteroatoms. The summed E-state index contributed by atoms with van der Waals surface area (Å²) < 4.78 is 0. The third-order valence-electron chi connectivity index (χ3n) is 3.05. The van der Waals surface area contributed by atoms with Crippen LogP contribution < -0.4 is 10.7 Å². The number of nitrogens with one attached hydrogen (secondary N) is 2. The number of hydrogen-bond acceptors (Lipinski definition) is 3. The average molecular weight is 399 g/mol. The van der Waals surface area contributed by atoms with Gasteiger partial charge in [-0.2, -0.15) is 5.10 Å². The van der Waals surface area contributed by atoms with Gasteiger partial charge in [-0.1, -0.05) is 40.9 Å². The number of halogens is 3.